The van der Waals surface area contributed by atoms with Crippen LogP contribution in [0, 0.1) is 0 Å². The molecule has 0 saturated carbocycles. The molecule has 21 heavy (non-hydrogen) atoms. The summed E-state index contributed by atoms with van der Waals surface area (Å²) in [5.41, 5.74) is 5.95. The Morgan fingerprint density at radius 2 is 1.95 bits per heavy atom. The van der Waals surface area contributed by atoms with Crippen molar-refractivity contribution in [2.75, 3.05) is 7.11 Å². The van der Waals surface area contributed by atoms with Gasteiger partial charge in [0.1, 0.15) is 4.99 Å². The van der Waals surface area contributed by atoms with E-state index in [1.165, 1.54) is 7.11 Å². The number of nitrogens with two attached hydrogens (primary N) is 1. The summed E-state index contributed by atoms with van der Waals surface area (Å²) in [7, 11) is 1.52. The van der Waals surface area contributed by atoms with E-state index < -0.39 is 6.10 Å². The highest BCUT2D eigenvalue weighted by Crippen LogP contribution is 2.29. The standard InChI is InChI=1S/C15H22N2O3S/c1-9(14(18)17-15(2,3)4)20-11-7-6-10(13(16)21)8-12(11)19-5/h6-9H,1-5H3,(H2,16,21)(H,17,18). The van der Waals surface area contributed by atoms with Gasteiger partial charge in [0.25, 0.3) is 5.91 Å². The largest absolute Gasteiger partial charge is 0.493 e. The molecule has 1 aromatic rings. The van der Waals surface area contributed by atoms with Crippen molar-refractivity contribution >= 4 is 23.1 Å². The first-order chi connectivity index (χ1) is 9.64. The molecule has 0 bridgehead atoms. The number of ether oxygens (including phenoxy) is 2. The van der Waals surface area contributed by atoms with Crippen molar-refractivity contribution in [2.45, 2.75) is 39.3 Å². The van der Waals surface area contributed by atoms with Crippen LogP contribution in [0.3, 0.4) is 0 Å². The van der Waals surface area contributed by atoms with Crippen LogP contribution in [-0.2, 0) is 4.79 Å². The predicted molar refractivity (Wildman–Crippen MR) is 86.9 cm³/mol. The van der Waals surface area contributed by atoms with Gasteiger partial charge < -0.3 is 20.5 Å². The van der Waals surface area contributed by atoms with Gasteiger partial charge in [-0.05, 0) is 45.9 Å². The van der Waals surface area contributed by atoms with E-state index in [2.05, 4.69) is 5.32 Å². The normalized spacial score (nSPS) is 12.4. The molecule has 0 radical (unpaired) electrons. The number of carbonyl (C=O) groups excluding carboxylic acids is 1. The van der Waals surface area contributed by atoms with Gasteiger partial charge in [-0.15, -0.1) is 0 Å². The summed E-state index contributed by atoms with van der Waals surface area (Å²) in [5.74, 6) is 0.757. The number of nitrogens with one attached hydrogen (secondary N) is 1. The minimum absolute atomic E-state index is 0.192. The molecule has 0 saturated heterocycles. The number of hydrogen-bond donors (Lipinski definition) is 2. The van der Waals surface area contributed by atoms with Gasteiger partial charge in [-0.2, -0.15) is 0 Å². The minimum Gasteiger partial charge on any atom is -0.493 e. The number of benzene rings is 1. The van der Waals surface area contributed by atoms with Crippen LogP contribution in [0.5, 0.6) is 11.5 Å². The van der Waals surface area contributed by atoms with Crippen LogP contribution in [0.2, 0.25) is 0 Å². The lowest BCUT2D eigenvalue weighted by atomic mass is 10.1. The van der Waals surface area contributed by atoms with Crippen molar-refractivity contribution in [3.63, 3.8) is 0 Å². The fourth-order valence-electron chi connectivity index (χ4n) is 1.63. The number of methoxy groups -OCH3 is 1. The lowest BCUT2D eigenvalue weighted by Gasteiger charge is -2.24. The van der Waals surface area contributed by atoms with E-state index in [-0.39, 0.29) is 16.4 Å². The Kier molecular flexibility index (Phi) is 5.54. The molecule has 0 aliphatic rings. The van der Waals surface area contributed by atoms with Crippen LogP contribution < -0.4 is 20.5 Å². The molecule has 1 aromatic carbocycles. The molecule has 5 nitrogen and oxygen atoms in total. The number of hydrogen-bond acceptors (Lipinski definition) is 4. The Balaban J connectivity index is 2.87. The zero-order valence-electron chi connectivity index (χ0n) is 13.0. The number of amides is 1. The van der Waals surface area contributed by atoms with Crippen molar-refractivity contribution < 1.29 is 14.3 Å². The summed E-state index contributed by atoms with van der Waals surface area (Å²) in [6.45, 7) is 7.42. The third-order valence-electron chi connectivity index (χ3n) is 2.62. The van der Waals surface area contributed by atoms with Gasteiger partial charge in [0.15, 0.2) is 17.6 Å². The van der Waals surface area contributed by atoms with Crippen LogP contribution in [0.1, 0.15) is 33.3 Å². The Morgan fingerprint density at radius 3 is 2.43 bits per heavy atom. The Bertz CT molecular complexity index is 538. The van der Waals surface area contributed by atoms with E-state index >= 15 is 0 Å². The highest BCUT2D eigenvalue weighted by Gasteiger charge is 2.21. The molecule has 3 N–H and O–H groups in total. The fraction of sp³-hybridized carbons (Fsp3) is 0.467. The van der Waals surface area contributed by atoms with E-state index in [0.29, 0.717) is 17.1 Å². The van der Waals surface area contributed by atoms with Crippen molar-refractivity contribution in [2.24, 2.45) is 5.73 Å². The second-order valence-electron chi connectivity index (χ2n) is 5.73. The lowest BCUT2D eigenvalue weighted by molar-refractivity contribution is -0.128. The maximum atomic E-state index is 12.0. The van der Waals surface area contributed by atoms with Gasteiger partial charge >= 0.3 is 0 Å². The maximum Gasteiger partial charge on any atom is 0.261 e. The van der Waals surface area contributed by atoms with Crippen LogP contribution >= 0.6 is 12.2 Å². The van der Waals surface area contributed by atoms with Crippen molar-refractivity contribution in [3.05, 3.63) is 23.8 Å². The first kappa shape index (κ1) is 17.2. The molecule has 6 heteroatoms. The molecular formula is C15H22N2O3S. The second kappa shape index (κ2) is 6.76. The van der Waals surface area contributed by atoms with Crippen molar-refractivity contribution in [1.29, 1.82) is 0 Å². The topological polar surface area (TPSA) is 73.6 Å². The van der Waals surface area contributed by atoms with E-state index in [0.717, 1.165) is 0 Å². The molecule has 1 rings (SSSR count). The summed E-state index contributed by atoms with van der Waals surface area (Å²) in [6.07, 6.45) is -0.645. The van der Waals surface area contributed by atoms with E-state index in [1.54, 1.807) is 25.1 Å². The van der Waals surface area contributed by atoms with Gasteiger partial charge in [0.05, 0.1) is 7.11 Å². The second-order valence-corrected chi connectivity index (χ2v) is 6.17. The Labute approximate surface area is 130 Å². The maximum absolute atomic E-state index is 12.0. The highest BCUT2D eigenvalue weighted by molar-refractivity contribution is 7.80. The Morgan fingerprint density at radius 1 is 1.33 bits per heavy atom. The van der Waals surface area contributed by atoms with E-state index in [4.69, 9.17) is 27.4 Å². The van der Waals surface area contributed by atoms with Crippen LogP contribution in [0.25, 0.3) is 0 Å². The van der Waals surface area contributed by atoms with Gasteiger partial charge in [-0.25, -0.2) is 0 Å². The van der Waals surface area contributed by atoms with Crippen LogP contribution in [0.4, 0.5) is 0 Å². The van der Waals surface area contributed by atoms with Crippen LogP contribution in [0.15, 0.2) is 18.2 Å². The lowest BCUT2D eigenvalue weighted by Crippen LogP contribution is -2.46. The third-order valence-corrected chi connectivity index (χ3v) is 2.86. The molecule has 0 heterocycles. The number of rotatable bonds is 5. The fourth-order valence-corrected chi connectivity index (χ4v) is 1.76. The number of carbonyl (C=O) groups is 1. The Hall–Kier alpha value is -1.82. The van der Waals surface area contributed by atoms with Crippen molar-refractivity contribution in [3.8, 4) is 11.5 Å². The molecule has 1 unspecified atom stereocenters. The van der Waals surface area contributed by atoms with Gasteiger partial charge in [0, 0.05) is 11.1 Å². The van der Waals surface area contributed by atoms with Crippen molar-refractivity contribution in [1.82, 2.24) is 5.32 Å². The first-order valence-electron chi connectivity index (χ1n) is 6.60. The van der Waals surface area contributed by atoms with E-state index in [9.17, 15) is 4.79 Å². The molecule has 0 spiro atoms. The van der Waals surface area contributed by atoms with Gasteiger partial charge in [-0.1, -0.05) is 12.2 Å². The monoisotopic (exact) mass is 310 g/mol. The number of thiocarbonyl (C=S) groups is 1. The molecule has 0 fully saturated rings. The van der Waals surface area contributed by atoms with Gasteiger partial charge in [0.2, 0.25) is 0 Å². The summed E-state index contributed by atoms with van der Waals surface area (Å²) >= 11 is 4.92. The first-order valence-corrected chi connectivity index (χ1v) is 7.01. The minimum atomic E-state index is -0.645. The summed E-state index contributed by atoms with van der Waals surface area (Å²) < 4.78 is 10.9. The molecule has 116 valence electrons. The molecular weight excluding hydrogens is 288 g/mol. The van der Waals surface area contributed by atoms with Gasteiger partial charge in [-0.3, -0.25) is 4.79 Å². The molecule has 1 amide bonds. The SMILES string of the molecule is COc1cc(C(N)=S)ccc1OC(C)C(=O)NC(C)(C)C. The van der Waals surface area contributed by atoms with E-state index in [1.807, 2.05) is 20.8 Å². The quantitative estimate of drug-likeness (QED) is 0.814. The molecule has 1 atom stereocenters. The average Bonchev–Trinajstić information content (AvgIpc) is 2.36. The zero-order chi connectivity index (χ0) is 16.2. The smallest absolute Gasteiger partial charge is 0.261 e. The summed E-state index contributed by atoms with van der Waals surface area (Å²) in [6, 6.07) is 5.11. The molecule has 0 aromatic heterocycles. The third kappa shape index (κ3) is 5.23. The summed E-state index contributed by atoms with van der Waals surface area (Å²) in [5, 5.41) is 2.86. The highest BCUT2D eigenvalue weighted by atomic mass is 32.1. The average molecular weight is 310 g/mol. The predicted octanol–water partition coefficient (Wildman–Crippen LogP) is 2.01. The summed E-state index contributed by atoms with van der Waals surface area (Å²) in [4.78, 5) is 12.3. The van der Waals surface area contributed by atoms with Crippen LogP contribution in [-0.4, -0.2) is 29.6 Å². The molecule has 0 aliphatic heterocycles. The zero-order valence-corrected chi connectivity index (χ0v) is 13.8. The molecule has 0 aliphatic carbocycles.